The fourth-order valence-corrected chi connectivity index (χ4v) is 4.22. The van der Waals surface area contributed by atoms with E-state index in [1.54, 1.807) is 0 Å². The quantitative estimate of drug-likeness (QED) is 0.360. The molecule has 0 heterocycles. The average Bonchev–Trinajstić information content (AvgIpc) is 2.82. The topological polar surface area (TPSA) is 84.5 Å². The number of carbonyl (C=O) groups excluding carboxylic acids is 1. The van der Waals surface area contributed by atoms with E-state index in [9.17, 15) is 26.4 Å². The fraction of sp³-hybridized carbons (Fsp3) is 0.240. The van der Waals surface area contributed by atoms with E-state index >= 15 is 0 Å². The minimum Gasteiger partial charge on any atom is -0.484 e. The molecule has 0 radical (unpaired) electrons. The lowest BCUT2D eigenvalue weighted by Gasteiger charge is -2.12. The molecular weight excluding hydrogens is 481 g/mol. The number of sulfonamides is 1. The number of anilines is 2. The predicted octanol–water partition coefficient (Wildman–Crippen LogP) is 5.87. The number of hydrogen-bond donors (Lipinski definition) is 2. The van der Waals surface area contributed by atoms with Gasteiger partial charge in [0.2, 0.25) is 0 Å². The fourth-order valence-electron chi connectivity index (χ4n) is 3.17. The number of alkyl halides is 3. The lowest BCUT2D eigenvalue weighted by molar-refractivity contribution is -0.137. The van der Waals surface area contributed by atoms with Gasteiger partial charge < -0.3 is 10.1 Å². The average molecular weight is 507 g/mol. The third-order valence-electron chi connectivity index (χ3n) is 5.00. The molecule has 0 atom stereocenters. The molecule has 6 nitrogen and oxygen atoms in total. The van der Waals surface area contributed by atoms with Gasteiger partial charge in [-0.05, 0) is 73.0 Å². The summed E-state index contributed by atoms with van der Waals surface area (Å²) in [5.74, 6) is -0.123. The zero-order chi connectivity index (χ0) is 25.5. The zero-order valence-corrected chi connectivity index (χ0v) is 19.7. The van der Waals surface area contributed by atoms with Gasteiger partial charge in [0.1, 0.15) is 5.75 Å². The Hall–Kier alpha value is -3.53. The number of rotatable bonds is 10. The van der Waals surface area contributed by atoms with Crippen LogP contribution in [0.4, 0.5) is 24.5 Å². The summed E-state index contributed by atoms with van der Waals surface area (Å²) in [6.07, 6.45) is -1.41. The van der Waals surface area contributed by atoms with Gasteiger partial charge >= 0.3 is 6.18 Å². The Morgan fingerprint density at radius 2 is 1.63 bits per heavy atom. The van der Waals surface area contributed by atoms with Crippen molar-refractivity contribution in [3.8, 4) is 5.75 Å². The van der Waals surface area contributed by atoms with Crippen molar-refractivity contribution in [2.75, 3.05) is 16.6 Å². The standard InChI is InChI=1S/C25H25F3N2O4S/c1-2-3-5-18-8-10-20(11-9-18)29-24(31)17-34-22-12-14-23(15-13-22)35(32,33)30-21-7-4-6-19(16-21)25(26,27)28/h4,6-16,30H,2-3,5,17H2,1H3,(H,29,31). The Kier molecular flexibility index (Phi) is 8.39. The molecule has 3 aromatic carbocycles. The van der Waals surface area contributed by atoms with Crippen LogP contribution in [0.15, 0.2) is 77.7 Å². The molecule has 186 valence electrons. The maximum atomic E-state index is 12.9. The molecule has 0 aromatic heterocycles. The summed E-state index contributed by atoms with van der Waals surface area (Å²) in [6, 6.07) is 16.6. The van der Waals surface area contributed by atoms with E-state index in [1.165, 1.54) is 35.9 Å². The molecule has 0 fully saturated rings. The second-order valence-electron chi connectivity index (χ2n) is 7.79. The number of benzene rings is 3. The summed E-state index contributed by atoms with van der Waals surface area (Å²) >= 11 is 0. The van der Waals surface area contributed by atoms with Gasteiger partial charge in [0, 0.05) is 11.4 Å². The molecule has 0 spiro atoms. The van der Waals surface area contributed by atoms with Crippen molar-refractivity contribution in [1.29, 1.82) is 0 Å². The van der Waals surface area contributed by atoms with E-state index < -0.39 is 21.8 Å². The highest BCUT2D eigenvalue weighted by Gasteiger charge is 2.30. The van der Waals surface area contributed by atoms with Gasteiger partial charge in [-0.1, -0.05) is 31.5 Å². The van der Waals surface area contributed by atoms with E-state index in [-0.39, 0.29) is 28.8 Å². The van der Waals surface area contributed by atoms with Crippen LogP contribution in [0.3, 0.4) is 0 Å². The third-order valence-corrected chi connectivity index (χ3v) is 6.40. The maximum absolute atomic E-state index is 12.9. The highest BCUT2D eigenvalue weighted by atomic mass is 32.2. The first-order valence-electron chi connectivity index (χ1n) is 10.9. The Bertz CT molecular complexity index is 1240. The van der Waals surface area contributed by atoms with Crippen molar-refractivity contribution in [3.63, 3.8) is 0 Å². The van der Waals surface area contributed by atoms with Gasteiger partial charge in [-0.25, -0.2) is 8.42 Å². The molecule has 0 saturated carbocycles. The minimum absolute atomic E-state index is 0.171. The molecule has 35 heavy (non-hydrogen) atoms. The van der Waals surface area contributed by atoms with Crippen LogP contribution in [0, 0.1) is 0 Å². The SMILES string of the molecule is CCCCc1ccc(NC(=O)COc2ccc(S(=O)(=O)Nc3cccc(C(F)(F)F)c3)cc2)cc1. The molecule has 2 N–H and O–H groups in total. The normalized spacial score (nSPS) is 11.7. The lowest BCUT2D eigenvalue weighted by Crippen LogP contribution is -2.20. The lowest BCUT2D eigenvalue weighted by atomic mass is 10.1. The largest absolute Gasteiger partial charge is 0.484 e. The van der Waals surface area contributed by atoms with Crippen LogP contribution in [-0.4, -0.2) is 20.9 Å². The Morgan fingerprint density at radius 3 is 2.26 bits per heavy atom. The van der Waals surface area contributed by atoms with Crippen molar-refractivity contribution in [3.05, 3.63) is 83.9 Å². The molecule has 3 rings (SSSR count). The summed E-state index contributed by atoms with van der Waals surface area (Å²) in [5, 5.41) is 2.72. The van der Waals surface area contributed by atoms with E-state index in [4.69, 9.17) is 4.74 Å². The molecule has 3 aromatic rings. The van der Waals surface area contributed by atoms with Gasteiger partial charge in [0.15, 0.2) is 6.61 Å². The van der Waals surface area contributed by atoms with Crippen LogP contribution in [0.25, 0.3) is 0 Å². The third kappa shape index (κ3) is 7.74. The maximum Gasteiger partial charge on any atom is 0.416 e. The van der Waals surface area contributed by atoms with E-state index in [0.29, 0.717) is 11.8 Å². The van der Waals surface area contributed by atoms with Crippen molar-refractivity contribution < 1.29 is 31.1 Å². The molecule has 0 saturated heterocycles. The van der Waals surface area contributed by atoms with E-state index in [0.717, 1.165) is 31.4 Å². The van der Waals surface area contributed by atoms with Crippen LogP contribution in [0.2, 0.25) is 0 Å². The highest BCUT2D eigenvalue weighted by Crippen LogP contribution is 2.31. The van der Waals surface area contributed by atoms with Crippen molar-refractivity contribution in [1.82, 2.24) is 0 Å². The molecule has 0 aliphatic rings. The zero-order valence-electron chi connectivity index (χ0n) is 18.9. The van der Waals surface area contributed by atoms with E-state index in [2.05, 4.69) is 17.0 Å². The van der Waals surface area contributed by atoms with Gasteiger partial charge in [-0.3, -0.25) is 9.52 Å². The van der Waals surface area contributed by atoms with Crippen LogP contribution in [0.5, 0.6) is 5.75 Å². The first-order chi connectivity index (χ1) is 16.6. The number of halogens is 3. The first-order valence-corrected chi connectivity index (χ1v) is 12.4. The van der Waals surface area contributed by atoms with Gasteiger partial charge in [-0.2, -0.15) is 13.2 Å². The molecule has 0 unspecified atom stereocenters. The second kappa shape index (κ2) is 11.3. The molecular formula is C25H25F3N2O4S. The summed E-state index contributed by atoms with van der Waals surface area (Å²) < 4.78 is 71.2. The first kappa shape index (κ1) is 26.1. The number of nitrogens with one attached hydrogen (secondary N) is 2. The molecule has 10 heteroatoms. The molecule has 0 aliphatic heterocycles. The second-order valence-corrected chi connectivity index (χ2v) is 9.48. The molecule has 0 bridgehead atoms. The minimum atomic E-state index is -4.59. The highest BCUT2D eigenvalue weighted by molar-refractivity contribution is 7.92. The van der Waals surface area contributed by atoms with Gasteiger partial charge in [0.05, 0.1) is 10.5 Å². The summed E-state index contributed by atoms with van der Waals surface area (Å²) in [4.78, 5) is 12.0. The van der Waals surface area contributed by atoms with Crippen LogP contribution >= 0.6 is 0 Å². The van der Waals surface area contributed by atoms with Crippen LogP contribution in [0.1, 0.15) is 30.9 Å². The summed E-state index contributed by atoms with van der Waals surface area (Å²) in [7, 11) is -4.13. The smallest absolute Gasteiger partial charge is 0.416 e. The Labute approximate surface area is 202 Å². The van der Waals surface area contributed by atoms with E-state index in [1.807, 2.05) is 24.3 Å². The monoisotopic (exact) mass is 506 g/mol. The predicted molar refractivity (Wildman–Crippen MR) is 128 cm³/mol. The van der Waals surface area contributed by atoms with Gasteiger partial charge in [-0.15, -0.1) is 0 Å². The van der Waals surface area contributed by atoms with Gasteiger partial charge in [0.25, 0.3) is 15.9 Å². The van der Waals surface area contributed by atoms with Crippen LogP contribution < -0.4 is 14.8 Å². The number of carbonyl (C=O) groups is 1. The van der Waals surface area contributed by atoms with Crippen LogP contribution in [-0.2, 0) is 27.4 Å². The Morgan fingerprint density at radius 1 is 0.943 bits per heavy atom. The van der Waals surface area contributed by atoms with Crippen molar-refractivity contribution in [2.24, 2.45) is 0 Å². The number of unbranched alkanes of at least 4 members (excludes halogenated alkanes) is 1. The number of amides is 1. The Balaban J connectivity index is 1.55. The summed E-state index contributed by atoms with van der Waals surface area (Å²) in [6.45, 7) is 1.84. The van der Waals surface area contributed by atoms with Crippen molar-refractivity contribution >= 4 is 27.3 Å². The van der Waals surface area contributed by atoms with Crippen molar-refractivity contribution in [2.45, 2.75) is 37.3 Å². The molecule has 0 aliphatic carbocycles. The number of aryl methyl sites for hydroxylation is 1. The summed E-state index contributed by atoms with van der Waals surface area (Å²) in [5.41, 5.74) is 0.655. The molecule has 1 amide bonds. The number of hydrogen-bond acceptors (Lipinski definition) is 4. The number of ether oxygens (including phenoxy) is 1.